The van der Waals surface area contributed by atoms with E-state index < -0.39 is 0 Å². The van der Waals surface area contributed by atoms with Crippen LogP contribution >= 0.6 is 23.5 Å². The maximum Gasteiger partial charge on any atom is 0.214 e. The summed E-state index contributed by atoms with van der Waals surface area (Å²) in [5, 5.41) is 22.6. The van der Waals surface area contributed by atoms with Crippen molar-refractivity contribution in [2.75, 3.05) is 17.7 Å². The first-order valence-electron chi connectivity index (χ1n) is 8.75. The summed E-state index contributed by atoms with van der Waals surface area (Å²) in [5.74, 6) is -0.179. The maximum atomic E-state index is 12.8. The van der Waals surface area contributed by atoms with Crippen LogP contribution in [0.5, 0.6) is 0 Å². The molecule has 0 amide bonds. The fraction of sp³-hybridized carbons (Fsp3) is 0.150. The first-order valence-corrected chi connectivity index (χ1v) is 10.5. The lowest BCUT2D eigenvalue weighted by Gasteiger charge is -2.14. The van der Waals surface area contributed by atoms with Crippen LogP contribution in [0, 0.1) is 18.3 Å². The number of para-hydroxylation sites is 1. The number of anilines is 1. The Bertz CT molecular complexity index is 1160. The molecule has 9 heteroatoms. The predicted molar refractivity (Wildman–Crippen MR) is 113 cm³/mol. The van der Waals surface area contributed by atoms with Crippen LogP contribution in [0.25, 0.3) is 5.69 Å². The predicted octanol–water partition coefficient (Wildman–Crippen LogP) is 3.61. The van der Waals surface area contributed by atoms with Crippen LogP contribution in [0.1, 0.15) is 5.56 Å². The normalized spacial score (nSPS) is 14.4. The van der Waals surface area contributed by atoms with E-state index >= 15 is 0 Å². The van der Waals surface area contributed by atoms with Crippen LogP contribution in [-0.4, -0.2) is 38.8 Å². The molecule has 0 bridgehead atoms. The highest BCUT2D eigenvalue weighted by molar-refractivity contribution is 8.03. The second kappa shape index (κ2) is 8.11. The van der Waals surface area contributed by atoms with Gasteiger partial charge in [0.1, 0.15) is 16.7 Å². The van der Waals surface area contributed by atoms with Crippen LogP contribution in [0.15, 0.2) is 69.2 Å². The molecule has 4 rings (SSSR count). The third kappa shape index (κ3) is 3.77. The van der Waals surface area contributed by atoms with Gasteiger partial charge in [-0.05, 0) is 47.2 Å². The van der Waals surface area contributed by atoms with E-state index in [9.17, 15) is 10.1 Å². The standard InChI is InChI=1S/C20H16N6OS2/c1-13-6-5-7-14(10-13)26-20(22-23-24-26)28-12-17(27)15(11-21)19-25(2)16-8-3-4-9-18(16)29-19/h3-10H,12H2,1-2H3/b19-15-. The molecule has 2 aromatic carbocycles. The first kappa shape index (κ1) is 19.2. The molecule has 0 spiro atoms. The fourth-order valence-corrected chi connectivity index (χ4v) is 4.87. The van der Waals surface area contributed by atoms with E-state index in [0.717, 1.165) is 21.8 Å². The molecule has 144 valence electrons. The number of hydrogen-bond acceptors (Lipinski definition) is 8. The number of tetrazole rings is 1. The van der Waals surface area contributed by atoms with Crippen molar-refractivity contribution in [1.29, 1.82) is 5.26 Å². The summed E-state index contributed by atoms with van der Waals surface area (Å²) in [4.78, 5) is 15.8. The van der Waals surface area contributed by atoms with Crippen molar-refractivity contribution in [2.45, 2.75) is 17.0 Å². The Labute approximate surface area is 176 Å². The molecule has 2 heterocycles. The molecule has 0 atom stereocenters. The van der Waals surface area contributed by atoms with Gasteiger partial charge in [0.05, 0.1) is 17.1 Å². The number of aromatic nitrogens is 4. The van der Waals surface area contributed by atoms with Crippen molar-refractivity contribution in [3.05, 3.63) is 64.7 Å². The number of carbonyl (C=O) groups is 1. The summed E-state index contributed by atoms with van der Waals surface area (Å²) in [6.45, 7) is 1.99. The number of allylic oxidation sites excluding steroid dienone is 1. The van der Waals surface area contributed by atoms with E-state index in [1.807, 2.05) is 67.4 Å². The molecule has 0 saturated heterocycles. The molecular weight excluding hydrogens is 404 g/mol. The summed E-state index contributed by atoms with van der Waals surface area (Å²) in [7, 11) is 1.87. The quantitative estimate of drug-likeness (QED) is 0.351. The van der Waals surface area contributed by atoms with Gasteiger partial charge >= 0.3 is 0 Å². The molecule has 0 aliphatic carbocycles. The number of hydrogen-bond donors (Lipinski definition) is 0. The summed E-state index contributed by atoms with van der Waals surface area (Å²) in [5.41, 5.74) is 3.05. The van der Waals surface area contributed by atoms with Gasteiger partial charge in [0.25, 0.3) is 0 Å². The Hall–Kier alpha value is -3.09. The number of thioether (sulfide) groups is 2. The lowest BCUT2D eigenvalue weighted by molar-refractivity contribution is -0.112. The number of ketones is 1. The number of carbonyl (C=O) groups excluding carboxylic acids is 1. The Morgan fingerprint density at radius 2 is 2.07 bits per heavy atom. The molecule has 1 aliphatic rings. The van der Waals surface area contributed by atoms with Gasteiger partial charge in [-0.3, -0.25) is 4.79 Å². The van der Waals surface area contributed by atoms with Gasteiger partial charge in [-0.1, -0.05) is 47.8 Å². The van der Waals surface area contributed by atoms with Crippen LogP contribution in [0.2, 0.25) is 0 Å². The van der Waals surface area contributed by atoms with E-state index in [-0.39, 0.29) is 17.1 Å². The van der Waals surface area contributed by atoms with Gasteiger partial charge in [0.15, 0.2) is 5.78 Å². The van der Waals surface area contributed by atoms with Crippen LogP contribution < -0.4 is 4.90 Å². The molecule has 7 nitrogen and oxygen atoms in total. The van der Waals surface area contributed by atoms with Crippen molar-refractivity contribution in [3.8, 4) is 11.8 Å². The lowest BCUT2D eigenvalue weighted by atomic mass is 10.2. The third-order valence-corrected chi connectivity index (χ3v) is 6.52. The average molecular weight is 421 g/mol. The van der Waals surface area contributed by atoms with E-state index in [2.05, 4.69) is 21.6 Å². The third-order valence-electron chi connectivity index (χ3n) is 4.36. The monoisotopic (exact) mass is 420 g/mol. The number of Topliss-reactive ketones (excluding diaryl/α,β-unsaturated/α-hetero) is 1. The van der Waals surface area contributed by atoms with Gasteiger partial charge in [0, 0.05) is 11.9 Å². The Morgan fingerprint density at radius 1 is 1.24 bits per heavy atom. The van der Waals surface area contributed by atoms with Crippen molar-refractivity contribution in [1.82, 2.24) is 20.2 Å². The lowest BCUT2D eigenvalue weighted by Crippen LogP contribution is -2.16. The van der Waals surface area contributed by atoms with Crippen molar-refractivity contribution in [3.63, 3.8) is 0 Å². The summed E-state index contributed by atoms with van der Waals surface area (Å²) in [6, 6.07) is 17.7. The SMILES string of the molecule is Cc1cccc(-n2nnnc2SCC(=O)/C(C#N)=C2\Sc3ccccc3N2C)c1. The molecule has 29 heavy (non-hydrogen) atoms. The number of nitriles is 1. The highest BCUT2D eigenvalue weighted by atomic mass is 32.2. The minimum atomic E-state index is -0.251. The molecule has 0 fully saturated rings. The Balaban J connectivity index is 1.54. The summed E-state index contributed by atoms with van der Waals surface area (Å²) < 4.78 is 1.59. The van der Waals surface area contributed by atoms with Gasteiger partial charge < -0.3 is 4.90 Å². The van der Waals surface area contributed by atoms with E-state index in [1.54, 1.807) is 4.68 Å². The molecule has 0 radical (unpaired) electrons. The highest BCUT2D eigenvalue weighted by Crippen LogP contribution is 2.46. The second-order valence-electron chi connectivity index (χ2n) is 6.34. The van der Waals surface area contributed by atoms with Gasteiger partial charge in [0.2, 0.25) is 5.16 Å². The van der Waals surface area contributed by atoms with E-state index in [1.165, 1.54) is 23.5 Å². The number of aryl methyl sites for hydroxylation is 1. The van der Waals surface area contributed by atoms with Crippen LogP contribution in [0.4, 0.5) is 5.69 Å². The minimum Gasteiger partial charge on any atom is -0.337 e. The summed E-state index contributed by atoms with van der Waals surface area (Å²) >= 11 is 2.65. The molecule has 1 aromatic heterocycles. The number of nitrogens with zero attached hydrogens (tertiary/aromatic N) is 6. The van der Waals surface area contributed by atoms with Crippen molar-refractivity contribution >= 4 is 35.0 Å². The van der Waals surface area contributed by atoms with Crippen molar-refractivity contribution in [2.24, 2.45) is 0 Å². The Morgan fingerprint density at radius 3 is 2.83 bits per heavy atom. The molecule has 0 unspecified atom stereocenters. The van der Waals surface area contributed by atoms with Crippen LogP contribution in [0.3, 0.4) is 0 Å². The van der Waals surface area contributed by atoms with E-state index in [4.69, 9.17) is 0 Å². The maximum absolute atomic E-state index is 12.8. The zero-order valence-corrected chi connectivity index (χ0v) is 17.4. The zero-order chi connectivity index (χ0) is 20.4. The molecule has 0 N–H and O–H groups in total. The zero-order valence-electron chi connectivity index (χ0n) is 15.7. The molecular formula is C20H16N6OS2. The molecule has 3 aromatic rings. The second-order valence-corrected chi connectivity index (χ2v) is 8.32. The Kier molecular flexibility index (Phi) is 5.38. The number of fused-ring (bicyclic) bond motifs is 1. The fourth-order valence-electron chi connectivity index (χ4n) is 2.94. The van der Waals surface area contributed by atoms with E-state index in [0.29, 0.717) is 10.2 Å². The van der Waals surface area contributed by atoms with Crippen LogP contribution in [-0.2, 0) is 4.79 Å². The van der Waals surface area contributed by atoms with Gasteiger partial charge in [-0.15, -0.1) is 5.10 Å². The van der Waals surface area contributed by atoms with Crippen molar-refractivity contribution < 1.29 is 4.79 Å². The molecule has 0 saturated carbocycles. The summed E-state index contributed by atoms with van der Waals surface area (Å²) in [6.07, 6.45) is 0. The number of rotatable bonds is 5. The topological polar surface area (TPSA) is 87.7 Å². The largest absolute Gasteiger partial charge is 0.337 e. The molecule has 1 aliphatic heterocycles. The minimum absolute atomic E-state index is 0.0727. The van der Waals surface area contributed by atoms with Gasteiger partial charge in [-0.2, -0.15) is 9.94 Å². The highest BCUT2D eigenvalue weighted by Gasteiger charge is 2.28. The van der Waals surface area contributed by atoms with Gasteiger partial charge in [-0.25, -0.2) is 0 Å². The average Bonchev–Trinajstić information content (AvgIpc) is 3.32. The smallest absolute Gasteiger partial charge is 0.214 e. The first-order chi connectivity index (χ1) is 14.1. The number of benzene rings is 2.